The Morgan fingerprint density at radius 3 is 2.65 bits per heavy atom. The van der Waals surface area contributed by atoms with Gasteiger partial charge in [0, 0.05) is 9.79 Å². The van der Waals surface area contributed by atoms with E-state index in [-0.39, 0.29) is 11.7 Å². The minimum Gasteiger partial charge on any atom is -0.508 e. The number of fused-ring (bicyclic) bond motifs is 2. The smallest absolute Gasteiger partial charge is 0.131 e. The van der Waals surface area contributed by atoms with Gasteiger partial charge in [0.05, 0.1) is 5.92 Å². The van der Waals surface area contributed by atoms with Crippen molar-refractivity contribution in [2.75, 3.05) is 0 Å². The SMILES string of the molecule is O=CC1c2ccccc2Sc2ccc(O)cc21. The van der Waals surface area contributed by atoms with Crippen LogP contribution < -0.4 is 0 Å². The first-order valence-corrected chi connectivity index (χ1v) is 6.16. The van der Waals surface area contributed by atoms with Crippen LogP contribution in [0, 0.1) is 0 Å². The Bertz CT molecular complexity index is 593. The lowest BCUT2D eigenvalue weighted by Gasteiger charge is -2.24. The summed E-state index contributed by atoms with van der Waals surface area (Å²) in [6, 6.07) is 13.1. The molecule has 84 valence electrons. The first-order chi connectivity index (χ1) is 8.29. The Labute approximate surface area is 103 Å². The molecule has 1 heterocycles. The Balaban J connectivity index is 2.22. The van der Waals surface area contributed by atoms with Gasteiger partial charge < -0.3 is 9.90 Å². The van der Waals surface area contributed by atoms with Crippen molar-refractivity contribution >= 4 is 18.0 Å². The van der Waals surface area contributed by atoms with E-state index in [1.165, 1.54) is 0 Å². The average molecular weight is 242 g/mol. The number of phenols is 1. The molecule has 0 amide bonds. The standard InChI is InChI=1S/C14H10O2S/c15-8-12-10-3-1-2-4-13(10)17-14-6-5-9(16)7-11(12)14/h1-8,12,16H. The first-order valence-electron chi connectivity index (χ1n) is 5.34. The van der Waals surface area contributed by atoms with Crippen LogP contribution in [-0.4, -0.2) is 11.4 Å². The zero-order valence-electron chi connectivity index (χ0n) is 8.96. The Morgan fingerprint density at radius 2 is 1.82 bits per heavy atom. The summed E-state index contributed by atoms with van der Waals surface area (Å²) in [5.41, 5.74) is 1.91. The molecular formula is C14H10O2S. The predicted octanol–water partition coefficient (Wildman–Crippen LogP) is 3.19. The molecule has 3 heteroatoms. The Hall–Kier alpha value is -1.74. The maximum Gasteiger partial charge on any atom is 0.131 e. The third-order valence-electron chi connectivity index (χ3n) is 2.94. The van der Waals surface area contributed by atoms with Crippen LogP contribution in [0.5, 0.6) is 5.75 Å². The second kappa shape index (κ2) is 3.93. The van der Waals surface area contributed by atoms with Crippen molar-refractivity contribution in [2.24, 2.45) is 0 Å². The highest BCUT2D eigenvalue weighted by Crippen LogP contribution is 2.45. The Kier molecular flexibility index (Phi) is 2.41. The molecule has 17 heavy (non-hydrogen) atoms. The van der Waals surface area contributed by atoms with Crippen molar-refractivity contribution in [2.45, 2.75) is 15.7 Å². The molecule has 0 aromatic heterocycles. The van der Waals surface area contributed by atoms with Gasteiger partial charge in [0.25, 0.3) is 0 Å². The largest absolute Gasteiger partial charge is 0.508 e. The summed E-state index contributed by atoms with van der Waals surface area (Å²) in [6.07, 6.45) is 0.941. The molecule has 0 saturated carbocycles. The van der Waals surface area contributed by atoms with Crippen molar-refractivity contribution < 1.29 is 9.90 Å². The number of hydrogen-bond donors (Lipinski definition) is 1. The fourth-order valence-electron chi connectivity index (χ4n) is 2.13. The highest BCUT2D eigenvalue weighted by molar-refractivity contribution is 7.99. The van der Waals surface area contributed by atoms with Crippen LogP contribution in [-0.2, 0) is 4.79 Å². The molecule has 2 aromatic rings. The van der Waals surface area contributed by atoms with E-state index in [2.05, 4.69) is 0 Å². The van der Waals surface area contributed by atoms with Crippen molar-refractivity contribution in [1.82, 2.24) is 0 Å². The molecule has 0 bridgehead atoms. The van der Waals surface area contributed by atoms with Gasteiger partial charge in [-0.15, -0.1) is 0 Å². The van der Waals surface area contributed by atoms with Gasteiger partial charge in [-0.25, -0.2) is 0 Å². The van der Waals surface area contributed by atoms with E-state index in [0.717, 1.165) is 27.2 Å². The van der Waals surface area contributed by atoms with Crippen molar-refractivity contribution in [3.63, 3.8) is 0 Å². The molecule has 0 saturated heterocycles. The van der Waals surface area contributed by atoms with Gasteiger partial charge in [-0.1, -0.05) is 30.0 Å². The fraction of sp³-hybridized carbons (Fsp3) is 0.0714. The molecule has 1 aliphatic rings. The molecule has 1 unspecified atom stereocenters. The van der Waals surface area contributed by atoms with E-state index < -0.39 is 0 Å². The molecule has 0 spiro atoms. The molecule has 0 fully saturated rings. The molecule has 1 N–H and O–H groups in total. The zero-order valence-corrected chi connectivity index (χ0v) is 9.78. The number of benzene rings is 2. The first kappa shape index (κ1) is 10.4. The minimum atomic E-state index is -0.269. The topological polar surface area (TPSA) is 37.3 Å². The number of aldehydes is 1. The van der Waals surface area contributed by atoms with E-state index in [1.54, 1.807) is 23.9 Å². The number of carbonyl (C=O) groups excluding carboxylic acids is 1. The number of carbonyl (C=O) groups is 1. The van der Waals surface area contributed by atoms with Gasteiger partial charge in [0.2, 0.25) is 0 Å². The van der Waals surface area contributed by atoms with E-state index in [1.807, 2.05) is 30.3 Å². The lowest BCUT2D eigenvalue weighted by atomic mass is 9.92. The van der Waals surface area contributed by atoms with Gasteiger partial charge in [-0.3, -0.25) is 0 Å². The average Bonchev–Trinajstić information content (AvgIpc) is 2.36. The minimum absolute atomic E-state index is 0.204. The monoisotopic (exact) mass is 242 g/mol. The quantitative estimate of drug-likeness (QED) is 0.780. The summed E-state index contributed by atoms with van der Waals surface area (Å²) < 4.78 is 0. The van der Waals surface area contributed by atoms with E-state index in [4.69, 9.17) is 0 Å². The van der Waals surface area contributed by atoms with Gasteiger partial charge in [0.1, 0.15) is 12.0 Å². The summed E-state index contributed by atoms with van der Waals surface area (Å²) in [5.74, 6) is -0.0647. The van der Waals surface area contributed by atoms with Crippen molar-refractivity contribution in [3.8, 4) is 5.75 Å². The van der Waals surface area contributed by atoms with Gasteiger partial charge >= 0.3 is 0 Å². The third kappa shape index (κ3) is 1.63. The molecule has 2 nitrogen and oxygen atoms in total. The van der Waals surface area contributed by atoms with Crippen molar-refractivity contribution in [1.29, 1.82) is 0 Å². The molecule has 0 radical (unpaired) electrons. The molecule has 1 aliphatic heterocycles. The zero-order chi connectivity index (χ0) is 11.8. The van der Waals surface area contributed by atoms with Gasteiger partial charge in [-0.2, -0.15) is 0 Å². The summed E-state index contributed by atoms with van der Waals surface area (Å²) in [6.45, 7) is 0. The second-order valence-corrected chi connectivity index (χ2v) is 5.06. The van der Waals surface area contributed by atoms with Crippen molar-refractivity contribution in [3.05, 3.63) is 53.6 Å². The third-order valence-corrected chi connectivity index (χ3v) is 4.12. The van der Waals surface area contributed by atoms with Crippen LogP contribution >= 0.6 is 11.8 Å². The fourth-order valence-corrected chi connectivity index (χ4v) is 3.27. The number of hydrogen-bond acceptors (Lipinski definition) is 3. The molecule has 1 atom stereocenters. The van der Waals surface area contributed by atoms with Crippen LogP contribution in [0.3, 0.4) is 0 Å². The molecular weight excluding hydrogens is 232 g/mol. The normalized spacial score (nSPS) is 17.1. The predicted molar refractivity (Wildman–Crippen MR) is 66.6 cm³/mol. The highest BCUT2D eigenvalue weighted by atomic mass is 32.2. The number of rotatable bonds is 1. The lowest BCUT2D eigenvalue weighted by Crippen LogP contribution is -2.09. The molecule has 2 aromatic carbocycles. The van der Waals surface area contributed by atoms with E-state index in [9.17, 15) is 9.90 Å². The van der Waals surface area contributed by atoms with Crippen LogP contribution in [0.2, 0.25) is 0 Å². The number of phenolic OH excluding ortho intramolecular Hbond substituents is 1. The Morgan fingerprint density at radius 1 is 1.06 bits per heavy atom. The summed E-state index contributed by atoms with van der Waals surface area (Å²) in [5, 5.41) is 9.52. The van der Waals surface area contributed by atoms with E-state index >= 15 is 0 Å². The lowest BCUT2D eigenvalue weighted by molar-refractivity contribution is -0.108. The summed E-state index contributed by atoms with van der Waals surface area (Å²) in [4.78, 5) is 13.5. The number of aromatic hydroxyl groups is 1. The highest BCUT2D eigenvalue weighted by Gasteiger charge is 2.25. The maximum atomic E-state index is 11.3. The van der Waals surface area contributed by atoms with Crippen LogP contribution in [0.1, 0.15) is 17.0 Å². The van der Waals surface area contributed by atoms with Crippen LogP contribution in [0.15, 0.2) is 52.3 Å². The van der Waals surface area contributed by atoms with Gasteiger partial charge in [-0.05, 0) is 35.4 Å². The summed E-state index contributed by atoms with van der Waals surface area (Å²) in [7, 11) is 0. The molecule has 0 aliphatic carbocycles. The van der Waals surface area contributed by atoms with Crippen LogP contribution in [0.4, 0.5) is 0 Å². The van der Waals surface area contributed by atoms with E-state index in [0.29, 0.717) is 0 Å². The van der Waals surface area contributed by atoms with Crippen LogP contribution in [0.25, 0.3) is 0 Å². The summed E-state index contributed by atoms with van der Waals surface area (Å²) >= 11 is 1.64. The maximum absolute atomic E-state index is 11.3. The molecule has 3 rings (SSSR count). The second-order valence-electron chi connectivity index (χ2n) is 3.98. The van der Waals surface area contributed by atoms with Gasteiger partial charge in [0.15, 0.2) is 0 Å².